The van der Waals surface area contributed by atoms with Crippen molar-refractivity contribution in [3.63, 3.8) is 0 Å². The SMILES string of the molecule is [Br-].c1ccc(C2=Nn3cnnc3SC2)cc1. The standard InChI is InChI=1S/C10H8N4S.BrH/c1-2-4-8(5-3-1)9-6-15-10-12-11-7-14(10)13-9;/h1-5,7H,6H2;1H/p-1. The van der Waals surface area contributed by atoms with Crippen LogP contribution in [-0.2, 0) is 0 Å². The molecular weight excluding hydrogens is 288 g/mol. The number of aromatic nitrogens is 3. The summed E-state index contributed by atoms with van der Waals surface area (Å²) in [6.07, 6.45) is 1.63. The Kier molecular flexibility index (Phi) is 3.40. The summed E-state index contributed by atoms with van der Waals surface area (Å²) < 4.78 is 1.72. The summed E-state index contributed by atoms with van der Waals surface area (Å²) in [7, 11) is 0. The van der Waals surface area contributed by atoms with Crippen LogP contribution in [0, 0.1) is 0 Å². The van der Waals surface area contributed by atoms with Gasteiger partial charge in [0.15, 0.2) is 0 Å². The lowest BCUT2D eigenvalue weighted by Crippen LogP contribution is -3.00. The maximum atomic E-state index is 4.46. The molecule has 2 aromatic rings. The molecule has 0 saturated heterocycles. The molecule has 3 rings (SSSR count). The highest BCUT2D eigenvalue weighted by Crippen LogP contribution is 2.21. The minimum absolute atomic E-state index is 0. The van der Waals surface area contributed by atoms with E-state index in [1.54, 1.807) is 22.8 Å². The molecule has 0 fully saturated rings. The summed E-state index contributed by atoms with van der Waals surface area (Å²) in [5.41, 5.74) is 2.22. The van der Waals surface area contributed by atoms with Gasteiger partial charge in [0.25, 0.3) is 0 Å². The van der Waals surface area contributed by atoms with E-state index in [1.807, 2.05) is 18.2 Å². The van der Waals surface area contributed by atoms with Crippen molar-refractivity contribution in [1.29, 1.82) is 0 Å². The highest BCUT2D eigenvalue weighted by molar-refractivity contribution is 7.99. The van der Waals surface area contributed by atoms with Crippen LogP contribution in [0.15, 0.2) is 46.9 Å². The molecule has 1 aliphatic rings. The predicted octanol–water partition coefficient (Wildman–Crippen LogP) is -1.36. The highest BCUT2D eigenvalue weighted by Gasteiger charge is 2.14. The number of thioether (sulfide) groups is 1. The van der Waals surface area contributed by atoms with Crippen molar-refractivity contribution >= 4 is 17.5 Å². The van der Waals surface area contributed by atoms with Crippen LogP contribution in [0.2, 0.25) is 0 Å². The minimum atomic E-state index is 0. The summed E-state index contributed by atoms with van der Waals surface area (Å²) in [5, 5.41) is 13.1. The molecule has 0 saturated carbocycles. The molecule has 0 unspecified atom stereocenters. The third-order valence-corrected chi connectivity index (χ3v) is 3.12. The molecule has 1 aromatic carbocycles. The highest BCUT2D eigenvalue weighted by atomic mass is 79.9. The zero-order valence-corrected chi connectivity index (χ0v) is 10.6. The van der Waals surface area contributed by atoms with E-state index in [4.69, 9.17) is 0 Å². The van der Waals surface area contributed by atoms with Gasteiger partial charge in [-0.15, -0.1) is 10.2 Å². The second-order valence-corrected chi connectivity index (χ2v) is 4.10. The van der Waals surface area contributed by atoms with E-state index in [2.05, 4.69) is 27.4 Å². The smallest absolute Gasteiger partial charge is 0.212 e. The number of halogens is 1. The summed E-state index contributed by atoms with van der Waals surface area (Å²) in [6, 6.07) is 10.2. The first-order valence-corrected chi connectivity index (χ1v) is 5.58. The monoisotopic (exact) mass is 295 g/mol. The molecule has 1 aliphatic heterocycles. The second-order valence-electron chi connectivity index (χ2n) is 3.16. The van der Waals surface area contributed by atoms with E-state index in [1.165, 1.54) is 0 Å². The van der Waals surface area contributed by atoms with Crippen molar-refractivity contribution in [2.45, 2.75) is 5.16 Å². The van der Waals surface area contributed by atoms with Crippen LogP contribution in [0.4, 0.5) is 0 Å². The van der Waals surface area contributed by atoms with Crippen LogP contribution >= 0.6 is 11.8 Å². The summed E-state index contributed by atoms with van der Waals surface area (Å²) >= 11 is 1.66. The molecule has 1 aromatic heterocycles. The van der Waals surface area contributed by atoms with Crippen molar-refractivity contribution in [2.24, 2.45) is 5.10 Å². The van der Waals surface area contributed by atoms with Gasteiger partial charge < -0.3 is 17.0 Å². The Hall–Kier alpha value is -1.14. The first-order valence-electron chi connectivity index (χ1n) is 4.59. The Bertz CT molecular complexity index is 509. The molecule has 2 heterocycles. The molecule has 0 bridgehead atoms. The Morgan fingerprint density at radius 3 is 2.81 bits per heavy atom. The third kappa shape index (κ3) is 2.03. The van der Waals surface area contributed by atoms with Gasteiger partial charge in [-0.3, -0.25) is 0 Å². The molecular formula is C10H8BrN4S-. The van der Waals surface area contributed by atoms with Gasteiger partial charge in [0.05, 0.1) is 5.71 Å². The van der Waals surface area contributed by atoms with Gasteiger partial charge in [0.1, 0.15) is 6.33 Å². The van der Waals surface area contributed by atoms with Gasteiger partial charge in [-0.05, 0) is 5.56 Å². The van der Waals surface area contributed by atoms with Crippen LogP contribution in [0.1, 0.15) is 5.56 Å². The molecule has 4 nitrogen and oxygen atoms in total. The first-order chi connectivity index (χ1) is 7.43. The fourth-order valence-electron chi connectivity index (χ4n) is 1.45. The Labute approximate surface area is 108 Å². The number of rotatable bonds is 1. The Morgan fingerprint density at radius 1 is 1.19 bits per heavy atom. The molecule has 82 valence electrons. The Morgan fingerprint density at radius 2 is 2.00 bits per heavy atom. The number of nitrogens with zero attached hydrogens (tertiary/aromatic N) is 4. The van der Waals surface area contributed by atoms with Crippen molar-refractivity contribution < 1.29 is 17.0 Å². The van der Waals surface area contributed by atoms with Crippen molar-refractivity contribution in [3.05, 3.63) is 42.2 Å². The summed E-state index contributed by atoms with van der Waals surface area (Å²) in [6.45, 7) is 0. The second kappa shape index (κ2) is 4.80. The number of benzene rings is 1. The van der Waals surface area contributed by atoms with Gasteiger partial charge >= 0.3 is 0 Å². The molecule has 0 radical (unpaired) electrons. The van der Waals surface area contributed by atoms with E-state index in [0.717, 1.165) is 22.2 Å². The van der Waals surface area contributed by atoms with Crippen molar-refractivity contribution in [2.75, 3.05) is 5.75 Å². The van der Waals surface area contributed by atoms with E-state index >= 15 is 0 Å². The van der Waals surface area contributed by atoms with Crippen LogP contribution in [-0.4, -0.2) is 26.3 Å². The van der Waals surface area contributed by atoms with Crippen LogP contribution < -0.4 is 17.0 Å². The first kappa shape index (κ1) is 11.3. The van der Waals surface area contributed by atoms with E-state index in [0.29, 0.717) is 0 Å². The van der Waals surface area contributed by atoms with E-state index in [9.17, 15) is 0 Å². The number of fused-ring (bicyclic) bond motifs is 1. The minimum Gasteiger partial charge on any atom is -1.00 e. The normalized spacial score (nSPS) is 13.6. The summed E-state index contributed by atoms with van der Waals surface area (Å²) in [4.78, 5) is 0. The van der Waals surface area contributed by atoms with Gasteiger partial charge in [-0.25, -0.2) is 0 Å². The van der Waals surface area contributed by atoms with Gasteiger partial charge in [0, 0.05) is 5.75 Å². The maximum absolute atomic E-state index is 4.46. The average molecular weight is 296 g/mol. The fourth-order valence-corrected chi connectivity index (χ4v) is 2.26. The molecule has 0 aliphatic carbocycles. The van der Waals surface area contributed by atoms with E-state index < -0.39 is 0 Å². The van der Waals surface area contributed by atoms with Gasteiger partial charge in [-0.1, -0.05) is 42.1 Å². The zero-order valence-electron chi connectivity index (χ0n) is 8.25. The third-order valence-electron chi connectivity index (χ3n) is 2.17. The predicted molar refractivity (Wildman–Crippen MR) is 59.1 cm³/mol. The number of hydrogen-bond acceptors (Lipinski definition) is 4. The quantitative estimate of drug-likeness (QED) is 0.653. The van der Waals surface area contributed by atoms with Crippen LogP contribution in [0.5, 0.6) is 0 Å². The fraction of sp³-hybridized carbons (Fsp3) is 0.100. The van der Waals surface area contributed by atoms with E-state index in [-0.39, 0.29) is 17.0 Å². The van der Waals surface area contributed by atoms with Crippen LogP contribution in [0.25, 0.3) is 0 Å². The Balaban J connectivity index is 0.000000963. The number of hydrogen-bond donors (Lipinski definition) is 0. The van der Waals surface area contributed by atoms with Gasteiger partial charge in [-0.2, -0.15) is 9.78 Å². The van der Waals surface area contributed by atoms with Crippen LogP contribution in [0.3, 0.4) is 0 Å². The largest absolute Gasteiger partial charge is 1.00 e. The maximum Gasteiger partial charge on any atom is 0.212 e. The average Bonchev–Trinajstić information content (AvgIpc) is 2.77. The molecule has 0 atom stereocenters. The topological polar surface area (TPSA) is 43.1 Å². The molecule has 16 heavy (non-hydrogen) atoms. The molecule has 0 amide bonds. The molecule has 0 N–H and O–H groups in total. The molecule has 0 spiro atoms. The van der Waals surface area contributed by atoms with Crippen molar-refractivity contribution in [1.82, 2.24) is 14.9 Å². The van der Waals surface area contributed by atoms with Gasteiger partial charge in [0.2, 0.25) is 5.16 Å². The lowest BCUT2D eigenvalue weighted by Gasteiger charge is -2.11. The van der Waals surface area contributed by atoms with Crippen molar-refractivity contribution in [3.8, 4) is 0 Å². The lowest BCUT2D eigenvalue weighted by atomic mass is 10.1. The zero-order chi connectivity index (χ0) is 10.1. The summed E-state index contributed by atoms with van der Waals surface area (Å²) in [5.74, 6) is 0.850. The molecule has 6 heteroatoms. The lowest BCUT2D eigenvalue weighted by molar-refractivity contribution is -0.00000307.